The standard InChI is InChI=1S/C10H15F2N3OS/c1-15(6-7-4-2-3-5-16-7)10-14-13-9(17-10)8(11)12/h7-8H,2-6H2,1H3/t7-/m1/s1. The van der Waals surface area contributed by atoms with Crippen LogP contribution in [0.25, 0.3) is 0 Å². The molecule has 1 aliphatic rings. The molecule has 1 aromatic heterocycles. The van der Waals surface area contributed by atoms with E-state index in [9.17, 15) is 8.78 Å². The Balaban J connectivity index is 1.91. The van der Waals surface area contributed by atoms with Crippen molar-refractivity contribution in [2.45, 2.75) is 31.8 Å². The predicted octanol–water partition coefficient (Wildman–Crippen LogP) is 2.48. The number of alkyl halides is 2. The zero-order valence-electron chi connectivity index (χ0n) is 9.60. The highest BCUT2D eigenvalue weighted by Crippen LogP contribution is 2.27. The summed E-state index contributed by atoms with van der Waals surface area (Å²) in [6.07, 6.45) is 0.921. The van der Waals surface area contributed by atoms with Crippen molar-refractivity contribution >= 4 is 16.5 Å². The van der Waals surface area contributed by atoms with Crippen LogP contribution in [0.3, 0.4) is 0 Å². The Labute approximate surface area is 103 Å². The second-order valence-electron chi connectivity index (χ2n) is 4.09. The summed E-state index contributed by atoms with van der Waals surface area (Å²) in [6.45, 7) is 1.47. The summed E-state index contributed by atoms with van der Waals surface area (Å²) >= 11 is 0.936. The van der Waals surface area contributed by atoms with E-state index in [0.29, 0.717) is 11.7 Å². The molecule has 4 nitrogen and oxygen atoms in total. The van der Waals surface area contributed by atoms with Crippen LogP contribution in [0.4, 0.5) is 13.9 Å². The Morgan fingerprint density at radius 2 is 2.29 bits per heavy atom. The van der Waals surface area contributed by atoms with Crippen molar-refractivity contribution in [3.8, 4) is 0 Å². The molecule has 0 amide bonds. The lowest BCUT2D eigenvalue weighted by molar-refractivity contribution is 0.0216. The lowest BCUT2D eigenvalue weighted by atomic mass is 10.1. The molecule has 2 heterocycles. The van der Waals surface area contributed by atoms with Gasteiger partial charge in [0.25, 0.3) is 6.43 Å². The number of anilines is 1. The average molecular weight is 263 g/mol. The zero-order chi connectivity index (χ0) is 12.3. The van der Waals surface area contributed by atoms with E-state index >= 15 is 0 Å². The van der Waals surface area contributed by atoms with Crippen molar-refractivity contribution in [1.29, 1.82) is 0 Å². The minimum Gasteiger partial charge on any atom is -0.376 e. The van der Waals surface area contributed by atoms with E-state index in [1.54, 1.807) is 0 Å². The van der Waals surface area contributed by atoms with Gasteiger partial charge in [0, 0.05) is 20.2 Å². The third kappa shape index (κ3) is 3.32. The van der Waals surface area contributed by atoms with Gasteiger partial charge in [0.2, 0.25) is 5.13 Å². The molecule has 7 heteroatoms. The summed E-state index contributed by atoms with van der Waals surface area (Å²) in [4.78, 5) is 1.83. The van der Waals surface area contributed by atoms with Crippen molar-refractivity contribution in [1.82, 2.24) is 10.2 Å². The molecule has 0 unspecified atom stereocenters. The molecule has 0 N–H and O–H groups in total. The van der Waals surface area contributed by atoms with Gasteiger partial charge in [0.05, 0.1) is 6.10 Å². The maximum Gasteiger partial charge on any atom is 0.291 e. The highest BCUT2D eigenvalue weighted by molar-refractivity contribution is 7.15. The van der Waals surface area contributed by atoms with E-state index < -0.39 is 6.43 Å². The van der Waals surface area contributed by atoms with Crippen LogP contribution in [0, 0.1) is 0 Å². The fraction of sp³-hybridized carbons (Fsp3) is 0.800. The lowest BCUT2D eigenvalue weighted by Crippen LogP contribution is -2.33. The number of hydrogen-bond donors (Lipinski definition) is 0. The summed E-state index contributed by atoms with van der Waals surface area (Å²) < 4.78 is 30.3. The van der Waals surface area contributed by atoms with Crippen molar-refractivity contribution in [2.24, 2.45) is 0 Å². The number of likely N-dealkylation sites (N-methyl/N-ethyl adjacent to an activating group) is 1. The van der Waals surface area contributed by atoms with Gasteiger partial charge in [-0.15, -0.1) is 10.2 Å². The normalized spacial score (nSPS) is 20.8. The number of nitrogens with zero attached hydrogens (tertiary/aromatic N) is 3. The van der Waals surface area contributed by atoms with Gasteiger partial charge in [-0.25, -0.2) is 8.78 Å². The fourth-order valence-electron chi connectivity index (χ4n) is 1.80. The maximum absolute atomic E-state index is 12.4. The molecule has 0 radical (unpaired) electrons. The summed E-state index contributed by atoms with van der Waals surface area (Å²) in [5.74, 6) is 0. The van der Waals surface area contributed by atoms with Crippen molar-refractivity contribution in [3.05, 3.63) is 5.01 Å². The number of rotatable bonds is 4. The van der Waals surface area contributed by atoms with Crippen LogP contribution in [-0.4, -0.2) is 36.5 Å². The molecule has 1 fully saturated rings. The summed E-state index contributed by atoms with van der Waals surface area (Å²) in [5.41, 5.74) is 0. The molecule has 0 spiro atoms. The second kappa shape index (κ2) is 5.68. The smallest absolute Gasteiger partial charge is 0.291 e. The molecule has 2 rings (SSSR count). The van der Waals surface area contributed by atoms with Crippen molar-refractivity contribution in [3.63, 3.8) is 0 Å². The highest BCUT2D eigenvalue weighted by atomic mass is 32.1. The molecule has 1 aromatic rings. The second-order valence-corrected chi connectivity index (χ2v) is 5.08. The number of halogens is 2. The van der Waals surface area contributed by atoms with E-state index in [4.69, 9.17) is 4.74 Å². The van der Waals surface area contributed by atoms with E-state index in [2.05, 4.69) is 10.2 Å². The Morgan fingerprint density at radius 3 is 2.88 bits per heavy atom. The average Bonchev–Trinajstić information content (AvgIpc) is 2.79. The predicted molar refractivity (Wildman–Crippen MR) is 61.7 cm³/mol. The Kier molecular flexibility index (Phi) is 4.22. The molecule has 1 aliphatic heterocycles. The largest absolute Gasteiger partial charge is 0.376 e. The molecule has 1 atom stereocenters. The molecular weight excluding hydrogens is 248 g/mol. The van der Waals surface area contributed by atoms with Crippen LogP contribution in [0.15, 0.2) is 0 Å². The van der Waals surface area contributed by atoms with E-state index in [1.807, 2.05) is 11.9 Å². The Hall–Kier alpha value is -0.820. The van der Waals surface area contributed by atoms with Gasteiger partial charge in [-0.3, -0.25) is 0 Å². The van der Waals surface area contributed by atoms with Crippen molar-refractivity contribution in [2.75, 3.05) is 25.1 Å². The zero-order valence-corrected chi connectivity index (χ0v) is 10.4. The van der Waals surface area contributed by atoms with Gasteiger partial charge >= 0.3 is 0 Å². The number of ether oxygens (including phenoxy) is 1. The summed E-state index contributed by atoms with van der Waals surface area (Å²) in [6, 6.07) is 0. The molecule has 0 aromatic carbocycles. The lowest BCUT2D eigenvalue weighted by Gasteiger charge is -2.26. The van der Waals surface area contributed by atoms with Crippen LogP contribution in [0.5, 0.6) is 0 Å². The molecule has 0 aliphatic carbocycles. The maximum atomic E-state index is 12.4. The van der Waals surface area contributed by atoms with Crippen LogP contribution in [0.1, 0.15) is 30.7 Å². The van der Waals surface area contributed by atoms with Crippen LogP contribution in [0.2, 0.25) is 0 Å². The van der Waals surface area contributed by atoms with Gasteiger partial charge in [0.15, 0.2) is 5.01 Å². The first-order chi connectivity index (χ1) is 8.16. The first-order valence-electron chi connectivity index (χ1n) is 5.61. The molecule has 96 valence electrons. The number of hydrogen-bond acceptors (Lipinski definition) is 5. The number of aromatic nitrogens is 2. The summed E-state index contributed by atoms with van der Waals surface area (Å²) in [7, 11) is 1.83. The van der Waals surface area contributed by atoms with Crippen molar-refractivity contribution < 1.29 is 13.5 Å². The van der Waals surface area contributed by atoms with E-state index in [1.165, 1.54) is 0 Å². The SMILES string of the molecule is CN(C[C@H]1CCCCO1)c1nnc(C(F)F)s1. The Morgan fingerprint density at radius 1 is 1.47 bits per heavy atom. The minimum absolute atomic E-state index is 0.174. The quantitative estimate of drug-likeness (QED) is 0.836. The summed E-state index contributed by atoms with van der Waals surface area (Å²) in [5, 5.41) is 7.52. The van der Waals surface area contributed by atoms with Crippen LogP contribution < -0.4 is 4.90 Å². The monoisotopic (exact) mass is 263 g/mol. The van der Waals surface area contributed by atoms with E-state index in [0.717, 1.165) is 37.2 Å². The first-order valence-corrected chi connectivity index (χ1v) is 6.42. The third-order valence-electron chi connectivity index (χ3n) is 2.69. The fourth-order valence-corrected chi connectivity index (χ4v) is 2.47. The molecule has 0 bridgehead atoms. The first kappa shape index (κ1) is 12.6. The third-order valence-corrected chi connectivity index (χ3v) is 3.74. The van der Waals surface area contributed by atoms with Crippen LogP contribution in [-0.2, 0) is 4.74 Å². The van der Waals surface area contributed by atoms with Gasteiger partial charge in [-0.1, -0.05) is 11.3 Å². The molecular formula is C10H15F2N3OS. The Bertz CT molecular complexity index is 355. The minimum atomic E-state index is -2.54. The molecule has 1 saturated heterocycles. The molecule has 17 heavy (non-hydrogen) atoms. The van der Waals surface area contributed by atoms with Gasteiger partial charge in [0.1, 0.15) is 0 Å². The van der Waals surface area contributed by atoms with Gasteiger partial charge < -0.3 is 9.64 Å². The van der Waals surface area contributed by atoms with E-state index in [-0.39, 0.29) is 11.1 Å². The molecule has 0 saturated carbocycles. The van der Waals surface area contributed by atoms with Crippen LogP contribution >= 0.6 is 11.3 Å². The van der Waals surface area contributed by atoms with Gasteiger partial charge in [-0.05, 0) is 19.3 Å². The topological polar surface area (TPSA) is 38.2 Å². The van der Waals surface area contributed by atoms with Gasteiger partial charge in [-0.2, -0.15) is 0 Å². The highest BCUT2D eigenvalue weighted by Gasteiger charge is 2.20.